The molecule has 7 heteroatoms. The molecule has 22 heavy (non-hydrogen) atoms. The second-order valence-corrected chi connectivity index (χ2v) is 5.95. The Morgan fingerprint density at radius 1 is 1.45 bits per heavy atom. The van der Waals surface area contributed by atoms with Gasteiger partial charge in [-0.15, -0.1) is 0 Å². The maximum atomic E-state index is 12.7. The van der Waals surface area contributed by atoms with Gasteiger partial charge in [-0.2, -0.15) is 13.2 Å². The molecule has 3 atom stereocenters. The Labute approximate surface area is 126 Å². The lowest BCUT2D eigenvalue weighted by Gasteiger charge is -2.34. The second-order valence-electron chi connectivity index (χ2n) is 5.95. The summed E-state index contributed by atoms with van der Waals surface area (Å²) in [6.45, 7) is 3.05. The molecule has 4 nitrogen and oxygen atoms in total. The molecule has 0 aromatic carbocycles. The Morgan fingerprint density at radius 2 is 2.23 bits per heavy atom. The summed E-state index contributed by atoms with van der Waals surface area (Å²) in [5, 5.41) is 0. The van der Waals surface area contributed by atoms with E-state index in [2.05, 4.69) is 4.98 Å². The smallest absolute Gasteiger partial charge is 0.375 e. The van der Waals surface area contributed by atoms with Gasteiger partial charge in [-0.05, 0) is 31.9 Å². The predicted molar refractivity (Wildman–Crippen MR) is 72.2 cm³/mol. The molecule has 1 aromatic heterocycles. The van der Waals surface area contributed by atoms with Crippen molar-refractivity contribution in [2.75, 3.05) is 13.1 Å². The zero-order valence-corrected chi connectivity index (χ0v) is 12.1. The van der Waals surface area contributed by atoms with Crippen LogP contribution in [0.4, 0.5) is 13.2 Å². The molecule has 2 saturated heterocycles. The van der Waals surface area contributed by atoms with Gasteiger partial charge in [0.15, 0.2) is 0 Å². The predicted octanol–water partition coefficient (Wildman–Crippen LogP) is 2.74. The van der Waals surface area contributed by atoms with Gasteiger partial charge in [0.05, 0.1) is 12.2 Å². The number of halogens is 3. The molecule has 0 spiro atoms. The number of ether oxygens (including phenoxy) is 1. The minimum absolute atomic E-state index is 0.0349. The summed E-state index contributed by atoms with van der Waals surface area (Å²) in [5.74, 6) is -0.0949. The Bertz CT molecular complexity index is 576. The summed E-state index contributed by atoms with van der Waals surface area (Å²) < 4.78 is 43.8. The lowest BCUT2D eigenvalue weighted by molar-refractivity contribution is -0.141. The largest absolute Gasteiger partial charge is 0.433 e. The molecule has 2 fully saturated rings. The minimum atomic E-state index is -4.54. The normalized spacial score (nSPS) is 28.5. The van der Waals surface area contributed by atoms with Crippen LogP contribution in [0.2, 0.25) is 0 Å². The topological polar surface area (TPSA) is 42.4 Å². The molecule has 3 heterocycles. The Morgan fingerprint density at radius 3 is 2.95 bits per heavy atom. The van der Waals surface area contributed by atoms with Gasteiger partial charge in [0.1, 0.15) is 5.69 Å². The molecular weight excluding hydrogens is 297 g/mol. The molecule has 0 aliphatic carbocycles. The number of aromatic nitrogens is 1. The van der Waals surface area contributed by atoms with Gasteiger partial charge in [0.2, 0.25) is 0 Å². The van der Waals surface area contributed by atoms with Crippen LogP contribution >= 0.6 is 0 Å². The molecule has 0 saturated carbocycles. The molecular formula is C15H17F3N2O2. The van der Waals surface area contributed by atoms with Gasteiger partial charge < -0.3 is 9.64 Å². The van der Waals surface area contributed by atoms with Crippen molar-refractivity contribution in [2.45, 2.75) is 38.1 Å². The molecule has 1 aromatic rings. The number of likely N-dealkylation sites (tertiary alicyclic amines) is 1. The first-order valence-corrected chi connectivity index (χ1v) is 7.32. The van der Waals surface area contributed by atoms with E-state index in [1.54, 1.807) is 4.90 Å². The van der Waals surface area contributed by atoms with Crippen molar-refractivity contribution in [1.82, 2.24) is 9.88 Å². The number of carbonyl (C=O) groups excluding carboxylic acids is 1. The van der Waals surface area contributed by atoms with Crippen LogP contribution in [0.3, 0.4) is 0 Å². The highest BCUT2D eigenvalue weighted by atomic mass is 19.4. The van der Waals surface area contributed by atoms with Crippen molar-refractivity contribution in [3.05, 3.63) is 29.6 Å². The molecule has 0 radical (unpaired) electrons. The van der Waals surface area contributed by atoms with E-state index < -0.39 is 11.9 Å². The molecule has 1 amide bonds. The van der Waals surface area contributed by atoms with Crippen molar-refractivity contribution in [3.8, 4) is 0 Å². The number of piperidine rings is 1. The van der Waals surface area contributed by atoms with E-state index in [4.69, 9.17) is 4.74 Å². The van der Waals surface area contributed by atoms with Crippen LogP contribution in [0.25, 0.3) is 0 Å². The SMILES string of the molecule is C[C@H]1C[C@H]2CN(C(=O)c3ccnc(C(F)(F)F)c3)CC[C@@H]2O1. The summed E-state index contributed by atoms with van der Waals surface area (Å²) in [5.41, 5.74) is -1.00. The first-order valence-electron chi connectivity index (χ1n) is 7.32. The van der Waals surface area contributed by atoms with E-state index in [9.17, 15) is 18.0 Å². The maximum Gasteiger partial charge on any atom is 0.433 e. The van der Waals surface area contributed by atoms with Crippen molar-refractivity contribution < 1.29 is 22.7 Å². The number of pyridine rings is 1. The lowest BCUT2D eigenvalue weighted by Crippen LogP contribution is -2.44. The van der Waals surface area contributed by atoms with Gasteiger partial charge in [0.25, 0.3) is 5.91 Å². The highest BCUT2D eigenvalue weighted by Gasteiger charge is 2.39. The fourth-order valence-corrected chi connectivity index (χ4v) is 3.28. The van der Waals surface area contributed by atoms with Crippen molar-refractivity contribution >= 4 is 5.91 Å². The van der Waals surface area contributed by atoms with Crippen LogP contribution in [-0.4, -0.2) is 41.1 Å². The van der Waals surface area contributed by atoms with Crippen molar-refractivity contribution in [2.24, 2.45) is 5.92 Å². The number of rotatable bonds is 1. The number of alkyl halides is 3. The summed E-state index contributed by atoms with van der Waals surface area (Å²) in [6, 6.07) is 2.15. The number of hydrogen-bond acceptors (Lipinski definition) is 3. The van der Waals surface area contributed by atoms with Crippen LogP contribution in [0, 0.1) is 5.92 Å². The second kappa shape index (κ2) is 5.53. The monoisotopic (exact) mass is 314 g/mol. The molecule has 120 valence electrons. The number of carbonyl (C=O) groups is 1. The standard InChI is InChI=1S/C15H17F3N2O2/c1-9-6-11-8-20(5-3-12(11)22-9)14(21)10-2-4-19-13(7-10)15(16,17)18/h2,4,7,9,11-12H,3,5-6,8H2,1H3/t9-,11-,12-/m0/s1. The average Bonchev–Trinajstić information content (AvgIpc) is 2.84. The molecule has 0 unspecified atom stereocenters. The minimum Gasteiger partial charge on any atom is -0.375 e. The average molecular weight is 314 g/mol. The van der Waals surface area contributed by atoms with Crippen LogP contribution in [0.15, 0.2) is 18.3 Å². The van der Waals surface area contributed by atoms with Gasteiger partial charge in [0, 0.05) is 30.8 Å². The summed E-state index contributed by atoms with van der Waals surface area (Å²) in [6.07, 6.45) is -1.54. The zero-order chi connectivity index (χ0) is 15.9. The van der Waals surface area contributed by atoms with Gasteiger partial charge in [-0.3, -0.25) is 9.78 Å². The fraction of sp³-hybridized carbons (Fsp3) is 0.600. The highest BCUT2D eigenvalue weighted by molar-refractivity contribution is 5.94. The highest BCUT2D eigenvalue weighted by Crippen LogP contribution is 2.33. The fourth-order valence-electron chi connectivity index (χ4n) is 3.28. The summed E-state index contributed by atoms with van der Waals surface area (Å²) in [4.78, 5) is 17.3. The van der Waals surface area contributed by atoms with Gasteiger partial charge in [-0.1, -0.05) is 0 Å². The van der Waals surface area contributed by atoms with Crippen LogP contribution in [0.1, 0.15) is 35.8 Å². The lowest BCUT2D eigenvalue weighted by atomic mass is 9.92. The quantitative estimate of drug-likeness (QED) is 0.800. The molecule has 0 N–H and O–H groups in total. The third-order valence-corrected chi connectivity index (χ3v) is 4.29. The van der Waals surface area contributed by atoms with Crippen LogP contribution in [-0.2, 0) is 10.9 Å². The third-order valence-electron chi connectivity index (χ3n) is 4.29. The van der Waals surface area contributed by atoms with E-state index in [0.29, 0.717) is 13.1 Å². The first kappa shape index (κ1) is 15.3. The molecule has 2 aliphatic rings. The molecule has 3 rings (SSSR count). The summed E-state index contributed by atoms with van der Waals surface area (Å²) in [7, 11) is 0. The van der Waals surface area contributed by atoms with E-state index in [-0.39, 0.29) is 29.6 Å². The van der Waals surface area contributed by atoms with E-state index in [1.807, 2.05) is 6.92 Å². The van der Waals surface area contributed by atoms with Crippen LogP contribution < -0.4 is 0 Å². The van der Waals surface area contributed by atoms with Crippen molar-refractivity contribution in [3.63, 3.8) is 0 Å². The first-order chi connectivity index (χ1) is 10.3. The van der Waals surface area contributed by atoms with Crippen LogP contribution in [0.5, 0.6) is 0 Å². The number of nitrogens with zero attached hydrogens (tertiary/aromatic N) is 2. The molecule has 0 bridgehead atoms. The Balaban J connectivity index is 1.74. The van der Waals surface area contributed by atoms with Gasteiger partial charge >= 0.3 is 6.18 Å². The van der Waals surface area contributed by atoms with Gasteiger partial charge in [-0.25, -0.2) is 0 Å². The molecule has 2 aliphatic heterocycles. The number of fused-ring (bicyclic) bond motifs is 1. The number of amides is 1. The van der Waals surface area contributed by atoms with E-state index >= 15 is 0 Å². The zero-order valence-electron chi connectivity index (χ0n) is 12.1. The third kappa shape index (κ3) is 2.95. The summed E-state index contributed by atoms with van der Waals surface area (Å²) >= 11 is 0. The Kier molecular flexibility index (Phi) is 3.84. The van der Waals surface area contributed by atoms with E-state index in [1.165, 1.54) is 6.07 Å². The van der Waals surface area contributed by atoms with Crippen molar-refractivity contribution in [1.29, 1.82) is 0 Å². The Hall–Kier alpha value is -1.63. The maximum absolute atomic E-state index is 12.7. The number of hydrogen-bond donors (Lipinski definition) is 0. The van der Waals surface area contributed by atoms with E-state index in [0.717, 1.165) is 25.1 Å².